The number of ketones is 2. The summed E-state index contributed by atoms with van der Waals surface area (Å²) in [4.78, 5) is 49.9. The van der Waals surface area contributed by atoms with E-state index >= 15 is 0 Å². The number of hydrogen-bond donors (Lipinski definition) is 0. The van der Waals surface area contributed by atoms with Crippen molar-refractivity contribution in [2.45, 2.75) is 20.8 Å². The van der Waals surface area contributed by atoms with Gasteiger partial charge in [-0.25, -0.2) is 9.59 Å². The maximum Gasteiger partial charge on any atom is 0.340 e. The minimum Gasteiger partial charge on any atom is -0.462 e. The van der Waals surface area contributed by atoms with Gasteiger partial charge in [0.2, 0.25) is 5.78 Å². The van der Waals surface area contributed by atoms with Crippen LogP contribution in [0.3, 0.4) is 0 Å². The Hall–Kier alpha value is -3.22. The quantitative estimate of drug-likeness (QED) is 0.608. The SMILES string of the molecule is CCOC(=O)c1ccc2c(c1)-c1c(C(=O)OCC)c(C)n(C)c1C(=O)C2=O. The first kappa shape index (κ1) is 18.6. The number of Topliss-reactive ketones (excluding diaryl/α,β-unsaturated/α-hetero) is 2. The van der Waals surface area contributed by atoms with Gasteiger partial charge in [0.25, 0.3) is 5.78 Å². The molecule has 0 unspecified atom stereocenters. The van der Waals surface area contributed by atoms with Crippen LogP contribution in [0.1, 0.15) is 61.1 Å². The molecule has 1 aliphatic carbocycles. The van der Waals surface area contributed by atoms with Crippen molar-refractivity contribution >= 4 is 23.5 Å². The maximum atomic E-state index is 12.7. The van der Waals surface area contributed by atoms with Crippen LogP contribution in [0, 0.1) is 6.92 Å². The van der Waals surface area contributed by atoms with Crippen molar-refractivity contribution in [2.24, 2.45) is 7.05 Å². The van der Waals surface area contributed by atoms with Crippen molar-refractivity contribution < 1.29 is 28.7 Å². The molecular formula is C20H19NO6. The second kappa shape index (κ2) is 6.83. The number of esters is 2. The minimum absolute atomic E-state index is 0.120. The molecule has 1 aromatic heterocycles. The molecule has 0 spiro atoms. The second-order valence-electron chi connectivity index (χ2n) is 6.10. The van der Waals surface area contributed by atoms with E-state index in [-0.39, 0.29) is 35.6 Å². The highest BCUT2D eigenvalue weighted by atomic mass is 16.5. The molecule has 1 aliphatic rings. The highest BCUT2D eigenvalue weighted by molar-refractivity contribution is 6.53. The van der Waals surface area contributed by atoms with Crippen LogP contribution in [-0.4, -0.2) is 41.3 Å². The number of aromatic nitrogens is 1. The first-order valence-corrected chi connectivity index (χ1v) is 8.60. The zero-order valence-electron chi connectivity index (χ0n) is 15.5. The van der Waals surface area contributed by atoms with E-state index in [0.29, 0.717) is 16.8 Å². The van der Waals surface area contributed by atoms with E-state index in [0.717, 1.165) is 0 Å². The number of fused-ring (bicyclic) bond motifs is 3. The predicted octanol–water partition coefficient (Wildman–Crippen LogP) is 2.73. The molecule has 7 nitrogen and oxygen atoms in total. The molecule has 140 valence electrons. The smallest absolute Gasteiger partial charge is 0.340 e. The molecular weight excluding hydrogens is 350 g/mol. The van der Waals surface area contributed by atoms with Crippen LogP contribution < -0.4 is 0 Å². The fourth-order valence-electron chi connectivity index (χ4n) is 3.30. The van der Waals surface area contributed by atoms with Gasteiger partial charge in [0, 0.05) is 23.9 Å². The molecule has 7 heteroatoms. The number of carbonyl (C=O) groups is 4. The van der Waals surface area contributed by atoms with Crippen molar-refractivity contribution in [3.8, 4) is 11.1 Å². The van der Waals surface area contributed by atoms with Gasteiger partial charge in [0.15, 0.2) is 0 Å². The lowest BCUT2D eigenvalue weighted by Gasteiger charge is -2.17. The lowest BCUT2D eigenvalue weighted by atomic mass is 9.84. The van der Waals surface area contributed by atoms with Crippen LogP contribution in [0.5, 0.6) is 0 Å². The first-order valence-electron chi connectivity index (χ1n) is 8.60. The van der Waals surface area contributed by atoms with Crippen molar-refractivity contribution in [1.29, 1.82) is 0 Å². The van der Waals surface area contributed by atoms with E-state index in [1.165, 1.54) is 22.8 Å². The molecule has 0 atom stereocenters. The van der Waals surface area contributed by atoms with E-state index in [4.69, 9.17) is 9.47 Å². The number of ether oxygens (including phenoxy) is 2. The largest absolute Gasteiger partial charge is 0.462 e. The van der Waals surface area contributed by atoms with Gasteiger partial charge in [0.05, 0.1) is 24.3 Å². The van der Waals surface area contributed by atoms with Crippen LogP contribution >= 0.6 is 0 Å². The Kier molecular flexibility index (Phi) is 4.70. The lowest BCUT2D eigenvalue weighted by molar-refractivity contribution is 0.0517. The highest BCUT2D eigenvalue weighted by Crippen LogP contribution is 2.40. The normalized spacial score (nSPS) is 12.4. The number of carbonyl (C=O) groups excluding carboxylic acids is 4. The lowest BCUT2D eigenvalue weighted by Crippen LogP contribution is -2.24. The fraction of sp³-hybridized carbons (Fsp3) is 0.300. The van der Waals surface area contributed by atoms with Gasteiger partial charge in [-0.1, -0.05) is 0 Å². The number of nitrogens with zero attached hydrogens (tertiary/aromatic N) is 1. The van der Waals surface area contributed by atoms with Gasteiger partial charge in [0.1, 0.15) is 5.69 Å². The first-order chi connectivity index (χ1) is 12.8. The van der Waals surface area contributed by atoms with Crippen molar-refractivity contribution in [3.63, 3.8) is 0 Å². The van der Waals surface area contributed by atoms with Gasteiger partial charge >= 0.3 is 11.9 Å². The van der Waals surface area contributed by atoms with E-state index in [2.05, 4.69) is 0 Å². The summed E-state index contributed by atoms with van der Waals surface area (Å²) in [6.45, 7) is 5.43. The Morgan fingerprint density at radius 3 is 2.22 bits per heavy atom. The van der Waals surface area contributed by atoms with Crippen LogP contribution in [0.15, 0.2) is 18.2 Å². The summed E-state index contributed by atoms with van der Waals surface area (Å²) in [5.74, 6) is -2.50. The number of rotatable bonds is 4. The van der Waals surface area contributed by atoms with Gasteiger partial charge in [-0.15, -0.1) is 0 Å². The van der Waals surface area contributed by atoms with E-state index in [9.17, 15) is 19.2 Å². The zero-order chi connectivity index (χ0) is 19.9. The van der Waals surface area contributed by atoms with Gasteiger partial charge in [-0.2, -0.15) is 0 Å². The summed E-state index contributed by atoms with van der Waals surface area (Å²) in [5, 5.41) is 0. The maximum absolute atomic E-state index is 12.7. The Labute approximate surface area is 155 Å². The second-order valence-corrected chi connectivity index (χ2v) is 6.10. The summed E-state index contributed by atoms with van der Waals surface area (Å²) in [7, 11) is 1.61. The van der Waals surface area contributed by atoms with Crippen molar-refractivity contribution in [3.05, 3.63) is 46.3 Å². The molecule has 1 heterocycles. The van der Waals surface area contributed by atoms with Crippen LogP contribution in [0.2, 0.25) is 0 Å². The zero-order valence-corrected chi connectivity index (χ0v) is 15.5. The minimum atomic E-state index is -0.692. The molecule has 0 N–H and O–H groups in total. The third kappa shape index (κ3) is 2.75. The Morgan fingerprint density at radius 1 is 0.963 bits per heavy atom. The van der Waals surface area contributed by atoms with E-state index in [1.807, 2.05) is 0 Å². The summed E-state index contributed by atoms with van der Waals surface area (Å²) in [6.07, 6.45) is 0. The Bertz CT molecular complexity index is 998. The molecule has 0 amide bonds. The third-order valence-electron chi connectivity index (χ3n) is 4.63. The van der Waals surface area contributed by atoms with Crippen molar-refractivity contribution in [2.75, 3.05) is 13.2 Å². The number of hydrogen-bond acceptors (Lipinski definition) is 6. The predicted molar refractivity (Wildman–Crippen MR) is 96.2 cm³/mol. The average molecular weight is 369 g/mol. The summed E-state index contributed by atoms with van der Waals surface area (Å²) in [5.41, 5.74) is 1.91. The highest BCUT2D eigenvalue weighted by Gasteiger charge is 2.38. The molecule has 3 rings (SSSR count). The molecule has 0 radical (unpaired) electrons. The molecule has 0 fully saturated rings. The van der Waals surface area contributed by atoms with Crippen LogP contribution in [0.4, 0.5) is 0 Å². The molecule has 0 bridgehead atoms. The van der Waals surface area contributed by atoms with E-state index < -0.39 is 23.5 Å². The van der Waals surface area contributed by atoms with Gasteiger partial charge in [-0.05, 0) is 44.5 Å². The molecule has 27 heavy (non-hydrogen) atoms. The summed E-state index contributed by atoms with van der Waals surface area (Å²) >= 11 is 0. The molecule has 0 aliphatic heterocycles. The monoisotopic (exact) mass is 369 g/mol. The third-order valence-corrected chi connectivity index (χ3v) is 4.63. The summed E-state index contributed by atoms with van der Waals surface area (Å²) in [6, 6.07) is 4.34. The molecule has 0 saturated carbocycles. The summed E-state index contributed by atoms with van der Waals surface area (Å²) < 4.78 is 11.7. The van der Waals surface area contributed by atoms with Gasteiger partial charge < -0.3 is 14.0 Å². The van der Waals surface area contributed by atoms with Crippen LogP contribution in [-0.2, 0) is 16.5 Å². The molecule has 1 aromatic carbocycles. The Morgan fingerprint density at radius 2 is 1.59 bits per heavy atom. The number of benzene rings is 1. The van der Waals surface area contributed by atoms with E-state index in [1.54, 1.807) is 27.8 Å². The molecule has 2 aromatic rings. The average Bonchev–Trinajstić information content (AvgIpc) is 2.91. The molecule has 0 saturated heterocycles. The standard InChI is InChI=1S/C20H19NO6/c1-5-26-19(24)11-7-8-12-13(9-11)15-14(20(25)27-6-2)10(3)21(4)16(15)18(23)17(12)22/h7-9H,5-6H2,1-4H3. The van der Waals surface area contributed by atoms with Crippen molar-refractivity contribution in [1.82, 2.24) is 4.57 Å². The van der Waals surface area contributed by atoms with Gasteiger partial charge in [-0.3, -0.25) is 9.59 Å². The fourth-order valence-corrected chi connectivity index (χ4v) is 3.30. The Balaban J connectivity index is 2.33. The topological polar surface area (TPSA) is 91.7 Å². The van der Waals surface area contributed by atoms with Crippen LogP contribution in [0.25, 0.3) is 11.1 Å².